The number of carbonyl (C=O) groups excluding carboxylic acids is 2. The van der Waals surface area contributed by atoms with E-state index in [-0.39, 0.29) is 34.3 Å². The Bertz CT molecular complexity index is 1120. The third-order valence-corrected chi connectivity index (χ3v) is 5.55. The fraction of sp³-hybridized carbons (Fsp3) is 0.182. The number of hydrogen-bond donors (Lipinski definition) is 0. The summed E-state index contributed by atoms with van der Waals surface area (Å²) in [7, 11) is 0. The predicted octanol–water partition coefficient (Wildman–Crippen LogP) is 5.45. The average Bonchev–Trinajstić information content (AvgIpc) is 3.01. The minimum atomic E-state index is -0.544. The zero-order valence-electron chi connectivity index (χ0n) is 17.1. The third-order valence-electron chi connectivity index (χ3n) is 4.37. The van der Waals surface area contributed by atoms with Crippen LogP contribution >= 0.6 is 23.4 Å². The topological polar surface area (TPSA) is 99.0 Å². The second-order valence-corrected chi connectivity index (χ2v) is 7.92. The molecule has 0 spiro atoms. The molecule has 0 aliphatic carbocycles. The summed E-state index contributed by atoms with van der Waals surface area (Å²) in [6, 6.07) is 9.24. The first-order valence-electron chi connectivity index (χ1n) is 9.53. The van der Waals surface area contributed by atoms with E-state index >= 15 is 0 Å². The molecule has 2 aromatic carbocycles. The first kappa shape index (κ1) is 23.4. The maximum Gasteiger partial charge on any atom is 0.293 e. The molecule has 10 heteroatoms. The number of rotatable bonds is 9. The van der Waals surface area contributed by atoms with Crippen molar-refractivity contribution in [3.8, 4) is 11.5 Å². The van der Waals surface area contributed by atoms with Crippen molar-refractivity contribution in [2.75, 3.05) is 13.2 Å². The van der Waals surface area contributed by atoms with Gasteiger partial charge in [0.1, 0.15) is 6.61 Å². The maximum absolute atomic E-state index is 12.9. The van der Waals surface area contributed by atoms with Crippen LogP contribution in [-0.2, 0) is 11.3 Å². The van der Waals surface area contributed by atoms with Gasteiger partial charge in [0, 0.05) is 11.6 Å². The van der Waals surface area contributed by atoms with Gasteiger partial charge in [0.05, 0.1) is 28.0 Å². The maximum atomic E-state index is 12.9. The number of hydrogen-bond acceptors (Lipinski definition) is 7. The fourth-order valence-corrected chi connectivity index (χ4v) is 4.11. The van der Waals surface area contributed by atoms with E-state index in [1.54, 1.807) is 24.3 Å². The molecule has 0 aromatic heterocycles. The molecule has 0 radical (unpaired) electrons. The number of carbonyl (C=O) groups is 2. The van der Waals surface area contributed by atoms with Crippen molar-refractivity contribution >= 4 is 46.3 Å². The van der Waals surface area contributed by atoms with E-state index in [4.69, 9.17) is 21.1 Å². The normalized spacial score (nSPS) is 14.7. The minimum Gasteiger partial charge on any atom is -0.490 e. The lowest BCUT2D eigenvalue weighted by atomic mass is 10.1. The first-order chi connectivity index (χ1) is 15.3. The molecule has 0 unspecified atom stereocenters. The second kappa shape index (κ2) is 10.3. The Morgan fingerprint density at radius 3 is 2.69 bits per heavy atom. The van der Waals surface area contributed by atoms with Gasteiger partial charge in [0.15, 0.2) is 11.5 Å². The molecule has 2 aromatic rings. The number of nitrogens with zero attached hydrogens (tertiary/aromatic N) is 2. The highest BCUT2D eigenvalue weighted by atomic mass is 35.5. The van der Waals surface area contributed by atoms with Gasteiger partial charge in [0.25, 0.3) is 16.8 Å². The molecule has 32 heavy (non-hydrogen) atoms. The zero-order valence-corrected chi connectivity index (χ0v) is 18.6. The van der Waals surface area contributed by atoms with Crippen molar-refractivity contribution in [1.29, 1.82) is 0 Å². The molecule has 1 heterocycles. The van der Waals surface area contributed by atoms with Crippen molar-refractivity contribution in [2.24, 2.45) is 0 Å². The monoisotopic (exact) mass is 474 g/mol. The van der Waals surface area contributed by atoms with Crippen LogP contribution in [0.4, 0.5) is 10.5 Å². The number of amides is 2. The summed E-state index contributed by atoms with van der Waals surface area (Å²) < 4.78 is 11.2. The summed E-state index contributed by atoms with van der Waals surface area (Å²) >= 11 is 7.09. The van der Waals surface area contributed by atoms with Gasteiger partial charge in [-0.2, -0.15) is 0 Å². The van der Waals surface area contributed by atoms with Crippen LogP contribution < -0.4 is 9.47 Å². The Labute approximate surface area is 193 Å². The molecular weight excluding hydrogens is 456 g/mol. The van der Waals surface area contributed by atoms with Crippen molar-refractivity contribution < 1.29 is 24.0 Å². The van der Waals surface area contributed by atoms with Gasteiger partial charge in [-0.1, -0.05) is 42.5 Å². The molecule has 1 aliphatic heterocycles. The highest BCUT2D eigenvalue weighted by Crippen LogP contribution is 2.39. The lowest BCUT2D eigenvalue weighted by Crippen LogP contribution is -2.27. The molecule has 166 valence electrons. The number of imide groups is 1. The molecule has 0 N–H and O–H groups in total. The highest BCUT2D eigenvalue weighted by molar-refractivity contribution is 8.18. The number of halogens is 1. The van der Waals surface area contributed by atoms with Gasteiger partial charge < -0.3 is 9.47 Å². The molecule has 1 fully saturated rings. The molecule has 0 saturated carbocycles. The summed E-state index contributed by atoms with van der Waals surface area (Å²) in [4.78, 5) is 37.2. The number of para-hydroxylation sites is 1. The summed E-state index contributed by atoms with van der Waals surface area (Å²) in [6.45, 7) is 5.83. The summed E-state index contributed by atoms with van der Waals surface area (Å²) in [5.41, 5.74) is 0.658. The van der Waals surface area contributed by atoms with Crippen LogP contribution in [0.25, 0.3) is 6.08 Å². The Balaban J connectivity index is 1.89. The van der Waals surface area contributed by atoms with E-state index in [0.717, 1.165) is 16.7 Å². The van der Waals surface area contributed by atoms with Crippen molar-refractivity contribution in [1.82, 2.24) is 4.90 Å². The van der Waals surface area contributed by atoms with E-state index < -0.39 is 16.1 Å². The Hall–Kier alpha value is -3.30. The fourth-order valence-electron chi connectivity index (χ4n) is 3.00. The molecule has 0 atom stereocenters. The number of nitro benzene ring substituents is 1. The van der Waals surface area contributed by atoms with Crippen LogP contribution in [0.3, 0.4) is 0 Å². The van der Waals surface area contributed by atoms with Crippen molar-refractivity contribution in [3.63, 3.8) is 0 Å². The SMILES string of the molecule is C=CCOc1c(Cl)cc(/C=C2/SC(=O)N(Cc3ccccc3[N+](=O)[O-])C2=O)cc1OCC. The van der Waals surface area contributed by atoms with Gasteiger partial charge in [-0.15, -0.1) is 0 Å². The molecule has 1 aliphatic rings. The van der Waals surface area contributed by atoms with E-state index in [9.17, 15) is 19.7 Å². The standard InChI is InChI=1S/C22H19ClN2O6S/c1-3-9-31-20-16(23)10-14(11-18(20)30-4-2)12-19-21(26)24(22(27)32-19)13-15-7-5-6-8-17(15)25(28)29/h3,5-8,10-12H,1,4,9,13H2,2H3/b19-12+. The van der Waals surface area contributed by atoms with Crippen LogP contribution in [0.15, 0.2) is 54.0 Å². The molecule has 1 saturated heterocycles. The predicted molar refractivity (Wildman–Crippen MR) is 123 cm³/mol. The summed E-state index contributed by atoms with van der Waals surface area (Å²) in [5.74, 6) is 0.210. The van der Waals surface area contributed by atoms with Crippen LogP contribution in [0.5, 0.6) is 11.5 Å². The molecule has 0 bridgehead atoms. The Morgan fingerprint density at radius 2 is 2.00 bits per heavy atom. The second-order valence-electron chi connectivity index (χ2n) is 6.52. The number of nitro groups is 1. The van der Waals surface area contributed by atoms with Crippen molar-refractivity contribution in [3.05, 3.63) is 80.2 Å². The molecule has 2 amide bonds. The lowest BCUT2D eigenvalue weighted by Gasteiger charge is -2.14. The Morgan fingerprint density at radius 1 is 1.25 bits per heavy atom. The summed E-state index contributed by atoms with van der Waals surface area (Å²) in [5, 5.41) is 11.0. The van der Waals surface area contributed by atoms with E-state index in [0.29, 0.717) is 23.7 Å². The van der Waals surface area contributed by atoms with Gasteiger partial charge in [0.2, 0.25) is 0 Å². The van der Waals surface area contributed by atoms with E-state index in [2.05, 4.69) is 6.58 Å². The van der Waals surface area contributed by atoms with Crippen LogP contribution in [0, 0.1) is 10.1 Å². The number of benzene rings is 2. The van der Waals surface area contributed by atoms with E-state index in [1.807, 2.05) is 6.92 Å². The van der Waals surface area contributed by atoms with Gasteiger partial charge >= 0.3 is 0 Å². The van der Waals surface area contributed by atoms with Crippen LogP contribution in [-0.4, -0.2) is 34.2 Å². The van der Waals surface area contributed by atoms with Crippen LogP contribution in [0.1, 0.15) is 18.1 Å². The lowest BCUT2D eigenvalue weighted by molar-refractivity contribution is -0.385. The first-order valence-corrected chi connectivity index (χ1v) is 10.7. The largest absolute Gasteiger partial charge is 0.490 e. The minimum absolute atomic E-state index is 0.154. The van der Waals surface area contributed by atoms with Gasteiger partial charge in [-0.3, -0.25) is 24.6 Å². The number of ether oxygens (including phenoxy) is 2. The smallest absolute Gasteiger partial charge is 0.293 e. The van der Waals surface area contributed by atoms with E-state index in [1.165, 1.54) is 24.3 Å². The number of thioether (sulfide) groups is 1. The Kier molecular flexibility index (Phi) is 7.55. The van der Waals surface area contributed by atoms with Crippen molar-refractivity contribution in [2.45, 2.75) is 13.5 Å². The zero-order chi connectivity index (χ0) is 23.3. The molecule has 8 nitrogen and oxygen atoms in total. The van der Waals surface area contributed by atoms with Gasteiger partial charge in [-0.25, -0.2) is 0 Å². The third kappa shape index (κ3) is 5.12. The van der Waals surface area contributed by atoms with Crippen LogP contribution in [0.2, 0.25) is 5.02 Å². The average molecular weight is 475 g/mol. The quantitative estimate of drug-likeness (QED) is 0.206. The highest BCUT2D eigenvalue weighted by Gasteiger charge is 2.36. The summed E-state index contributed by atoms with van der Waals surface area (Å²) in [6.07, 6.45) is 3.10. The van der Waals surface area contributed by atoms with Gasteiger partial charge in [-0.05, 0) is 42.5 Å². The molecule has 3 rings (SSSR count). The molecular formula is C22H19ClN2O6S.